The number of nitrogens with zero attached hydrogens (tertiary/aromatic N) is 3. The van der Waals surface area contributed by atoms with Crippen LogP contribution in [0.3, 0.4) is 0 Å². The summed E-state index contributed by atoms with van der Waals surface area (Å²) in [5.41, 5.74) is 2.24. The highest BCUT2D eigenvalue weighted by atomic mass is 16.5. The first kappa shape index (κ1) is 14.8. The topological polar surface area (TPSA) is 47.5 Å². The van der Waals surface area contributed by atoms with Crippen LogP contribution in [0.15, 0.2) is 43.0 Å². The summed E-state index contributed by atoms with van der Waals surface area (Å²) in [6.07, 6.45) is 9.56. The molecule has 2 aromatic rings. The van der Waals surface area contributed by atoms with E-state index < -0.39 is 0 Å². The second kappa shape index (κ2) is 7.22. The van der Waals surface area contributed by atoms with Gasteiger partial charge in [-0.25, -0.2) is 0 Å². The van der Waals surface area contributed by atoms with Gasteiger partial charge in [0.25, 0.3) is 0 Å². The quantitative estimate of drug-likeness (QED) is 0.849. The molecule has 3 rings (SSSR count). The largest absolute Gasteiger partial charge is 0.493 e. The minimum Gasteiger partial charge on any atom is -0.493 e. The Morgan fingerprint density at radius 1 is 1.14 bits per heavy atom. The van der Waals surface area contributed by atoms with Crippen molar-refractivity contribution >= 4 is 5.69 Å². The Balaban J connectivity index is 1.52. The molecule has 116 valence electrons. The zero-order chi connectivity index (χ0) is 15.2. The van der Waals surface area contributed by atoms with Crippen molar-refractivity contribution in [2.24, 2.45) is 0 Å². The molecule has 0 N–H and O–H groups in total. The minimum absolute atomic E-state index is 0.310. The highest BCUT2D eigenvalue weighted by Crippen LogP contribution is 2.29. The van der Waals surface area contributed by atoms with Gasteiger partial charge in [0.05, 0.1) is 31.7 Å². The van der Waals surface area contributed by atoms with Crippen LogP contribution in [-0.4, -0.2) is 36.3 Å². The van der Waals surface area contributed by atoms with Gasteiger partial charge in [0.1, 0.15) is 0 Å². The van der Waals surface area contributed by atoms with E-state index in [9.17, 15) is 0 Å². The lowest BCUT2D eigenvalue weighted by molar-refractivity contribution is 0.0249. The molecule has 0 aromatic carbocycles. The van der Waals surface area contributed by atoms with E-state index in [0.29, 0.717) is 12.7 Å². The highest BCUT2D eigenvalue weighted by Gasteiger charge is 2.21. The van der Waals surface area contributed by atoms with Gasteiger partial charge in [0.15, 0.2) is 5.75 Å². The van der Waals surface area contributed by atoms with E-state index in [-0.39, 0.29) is 0 Å². The number of pyridine rings is 2. The first-order valence-corrected chi connectivity index (χ1v) is 7.60. The molecule has 0 atom stereocenters. The lowest BCUT2D eigenvalue weighted by Gasteiger charge is -2.34. The molecule has 0 unspecified atom stereocenters. The molecule has 5 nitrogen and oxygen atoms in total. The summed E-state index contributed by atoms with van der Waals surface area (Å²) >= 11 is 0. The van der Waals surface area contributed by atoms with Crippen LogP contribution in [0.5, 0.6) is 5.75 Å². The molecule has 1 fully saturated rings. The van der Waals surface area contributed by atoms with Crippen LogP contribution in [-0.2, 0) is 11.3 Å². The Kier molecular flexibility index (Phi) is 4.85. The highest BCUT2D eigenvalue weighted by molar-refractivity contribution is 5.57. The van der Waals surface area contributed by atoms with Crippen molar-refractivity contribution in [2.45, 2.75) is 25.6 Å². The third kappa shape index (κ3) is 3.54. The van der Waals surface area contributed by atoms with Crippen LogP contribution in [0, 0.1) is 0 Å². The number of rotatable bonds is 5. The second-order valence-electron chi connectivity index (χ2n) is 5.41. The Hall–Kier alpha value is -2.14. The van der Waals surface area contributed by atoms with Gasteiger partial charge in [0, 0.05) is 31.7 Å². The van der Waals surface area contributed by atoms with Gasteiger partial charge >= 0.3 is 0 Å². The fourth-order valence-electron chi connectivity index (χ4n) is 2.75. The Labute approximate surface area is 130 Å². The van der Waals surface area contributed by atoms with Crippen molar-refractivity contribution in [1.82, 2.24) is 9.97 Å². The van der Waals surface area contributed by atoms with Gasteiger partial charge in [-0.15, -0.1) is 0 Å². The number of methoxy groups -OCH3 is 1. The average Bonchev–Trinajstić information content (AvgIpc) is 2.61. The maximum absolute atomic E-state index is 6.00. The van der Waals surface area contributed by atoms with Crippen LogP contribution in [0.2, 0.25) is 0 Å². The molecule has 0 saturated carbocycles. The maximum Gasteiger partial charge on any atom is 0.160 e. The molecule has 1 aliphatic rings. The molecule has 0 bridgehead atoms. The SMILES string of the molecule is COc1cnccc1N1CCC(OCc2cccnc2)CC1. The first-order valence-electron chi connectivity index (χ1n) is 7.60. The van der Waals surface area contributed by atoms with E-state index in [1.807, 2.05) is 30.6 Å². The van der Waals surface area contributed by atoms with Crippen LogP contribution in [0.1, 0.15) is 18.4 Å². The average molecular weight is 299 g/mol. The lowest BCUT2D eigenvalue weighted by Crippen LogP contribution is -2.37. The van der Waals surface area contributed by atoms with E-state index in [0.717, 1.165) is 42.9 Å². The molecule has 22 heavy (non-hydrogen) atoms. The molecule has 0 radical (unpaired) electrons. The summed E-state index contributed by atoms with van der Waals surface area (Å²) in [5, 5.41) is 0. The van der Waals surface area contributed by atoms with Crippen LogP contribution in [0.4, 0.5) is 5.69 Å². The number of aromatic nitrogens is 2. The maximum atomic E-state index is 6.00. The standard InChI is InChI=1S/C17H21N3O2/c1-21-17-12-19-8-4-16(17)20-9-5-15(6-10-20)22-13-14-3-2-7-18-11-14/h2-4,7-8,11-12,15H,5-6,9-10,13H2,1H3. The van der Waals surface area contributed by atoms with E-state index in [1.165, 1.54) is 0 Å². The number of hydrogen-bond acceptors (Lipinski definition) is 5. The van der Waals surface area contributed by atoms with Gasteiger partial charge in [-0.1, -0.05) is 6.07 Å². The third-order valence-electron chi connectivity index (χ3n) is 3.97. The van der Waals surface area contributed by atoms with Gasteiger partial charge in [-0.2, -0.15) is 0 Å². The third-order valence-corrected chi connectivity index (χ3v) is 3.97. The summed E-state index contributed by atoms with van der Waals surface area (Å²) < 4.78 is 11.4. The van der Waals surface area contributed by atoms with Crippen molar-refractivity contribution in [1.29, 1.82) is 0 Å². The zero-order valence-corrected chi connectivity index (χ0v) is 12.8. The van der Waals surface area contributed by atoms with Crippen molar-refractivity contribution in [3.63, 3.8) is 0 Å². The summed E-state index contributed by atoms with van der Waals surface area (Å²) in [5.74, 6) is 0.831. The van der Waals surface area contributed by atoms with E-state index >= 15 is 0 Å². The summed E-state index contributed by atoms with van der Waals surface area (Å²) in [4.78, 5) is 10.6. The molecule has 0 amide bonds. The first-order chi connectivity index (χ1) is 10.9. The number of hydrogen-bond donors (Lipinski definition) is 0. The van der Waals surface area contributed by atoms with Crippen molar-refractivity contribution < 1.29 is 9.47 Å². The van der Waals surface area contributed by atoms with Gasteiger partial charge in [0.2, 0.25) is 0 Å². The van der Waals surface area contributed by atoms with Crippen LogP contribution >= 0.6 is 0 Å². The fraction of sp³-hybridized carbons (Fsp3) is 0.412. The molecule has 0 spiro atoms. The minimum atomic E-state index is 0.310. The molecule has 5 heteroatoms. The Bertz CT molecular complexity index is 583. The van der Waals surface area contributed by atoms with Gasteiger partial charge in [-0.05, 0) is 30.5 Å². The molecule has 2 aromatic heterocycles. The summed E-state index contributed by atoms with van der Waals surface area (Å²) in [6.45, 7) is 2.58. The van der Waals surface area contributed by atoms with Gasteiger partial charge in [-0.3, -0.25) is 9.97 Å². The second-order valence-corrected chi connectivity index (χ2v) is 5.41. The summed E-state index contributed by atoms with van der Waals surface area (Å²) in [6, 6.07) is 6.00. The van der Waals surface area contributed by atoms with E-state index in [4.69, 9.17) is 9.47 Å². The predicted octanol–water partition coefficient (Wildman–Crippen LogP) is 2.67. The molecule has 3 heterocycles. The Morgan fingerprint density at radius 3 is 2.68 bits per heavy atom. The Morgan fingerprint density at radius 2 is 1.95 bits per heavy atom. The molecule has 1 saturated heterocycles. The van der Waals surface area contributed by atoms with E-state index in [2.05, 4.69) is 14.9 Å². The smallest absolute Gasteiger partial charge is 0.160 e. The molecular formula is C17H21N3O2. The normalized spacial score (nSPS) is 15.8. The van der Waals surface area contributed by atoms with Crippen LogP contribution in [0.25, 0.3) is 0 Å². The molecular weight excluding hydrogens is 278 g/mol. The van der Waals surface area contributed by atoms with Crippen molar-refractivity contribution in [3.8, 4) is 5.75 Å². The lowest BCUT2D eigenvalue weighted by atomic mass is 10.1. The molecule has 0 aliphatic carbocycles. The zero-order valence-electron chi connectivity index (χ0n) is 12.8. The number of anilines is 1. The fourth-order valence-corrected chi connectivity index (χ4v) is 2.75. The van der Waals surface area contributed by atoms with Gasteiger partial charge < -0.3 is 14.4 Å². The summed E-state index contributed by atoms with van der Waals surface area (Å²) in [7, 11) is 1.68. The number of piperidine rings is 1. The van der Waals surface area contributed by atoms with E-state index in [1.54, 1.807) is 19.5 Å². The van der Waals surface area contributed by atoms with Crippen molar-refractivity contribution in [3.05, 3.63) is 48.5 Å². The molecule has 1 aliphatic heterocycles. The predicted molar refractivity (Wildman–Crippen MR) is 85.1 cm³/mol. The van der Waals surface area contributed by atoms with Crippen LogP contribution < -0.4 is 9.64 Å². The number of ether oxygens (including phenoxy) is 2. The monoisotopic (exact) mass is 299 g/mol. The van der Waals surface area contributed by atoms with Crippen molar-refractivity contribution in [2.75, 3.05) is 25.1 Å².